The zero-order chi connectivity index (χ0) is 12.9. The number of halogens is 1. The van der Waals surface area contributed by atoms with Crippen LogP contribution in [0, 0.1) is 0 Å². The molecule has 0 aromatic heterocycles. The molecule has 0 saturated heterocycles. The summed E-state index contributed by atoms with van der Waals surface area (Å²) in [6.07, 6.45) is 1.46. The summed E-state index contributed by atoms with van der Waals surface area (Å²) in [6.45, 7) is 4.50. The van der Waals surface area contributed by atoms with Gasteiger partial charge in [0.2, 0.25) is 0 Å². The van der Waals surface area contributed by atoms with Crippen LogP contribution in [0.4, 0.5) is 5.69 Å². The van der Waals surface area contributed by atoms with Gasteiger partial charge in [0.05, 0.1) is 18.4 Å². The van der Waals surface area contributed by atoms with Gasteiger partial charge in [-0.1, -0.05) is 29.8 Å². The largest absolute Gasteiger partial charge is 0.495 e. The molecule has 1 aromatic rings. The van der Waals surface area contributed by atoms with Crippen LogP contribution in [-0.2, 0) is 0 Å². The first-order valence-electron chi connectivity index (χ1n) is 5.84. The Hall–Kier alpha value is -0.740. The standard InChI is InChI=1S/C13H20BrNO2/c1-4-13(16,5-2)9-15-11-8-10(14)6-7-12(11)17-3/h6-8,15-16H,4-5,9H2,1-3H3. The van der Waals surface area contributed by atoms with Crippen molar-refractivity contribution >= 4 is 21.6 Å². The van der Waals surface area contributed by atoms with E-state index in [0.29, 0.717) is 6.54 Å². The number of hydrogen-bond acceptors (Lipinski definition) is 3. The minimum atomic E-state index is -0.659. The third-order valence-electron chi connectivity index (χ3n) is 3.09. The average molecular weight is 302 g/mol. The van der Waals surface area contributed by atoms with E-state index in [1.54, 1.807) is 7.11 Å². The van der Waals surface area contributed by atoms with E-state index >= 15 is 0 Å². The van der Waals surface area contributed by atoms with Gasteiger partial charge in [0.15, 0.2) is 0 Å². The predicted octanol–water partition coefficient (Wildman–Crippen LogP) is 3.42. The third kappa shape index (κ3) is 3.89. The molecule has 0 spiro atoms. The Morgan fingerprint density at radius 1 is 1.35 bits per heavy atom. The van der Waals surface area contributed by atoms with E-state index in [9.17, 15) is 5.11 Å². The zero-order valence-electron chi connectivity index (χ0n) is 10.6. The number of rotatable bonds is 6. The lowest BCUT2D eigenvalue weighted by atomic mass is 9.97. The van der Waals surface area contributed by atoms with Crippen molar-refractivity contribution in [2.75, 3.05) is 19.0 Å². The van der Waals surface area contributed by atoms with Gasteiger partial charge in [0.1, 0.15) is 5.75 Å². The molecule has 0 fully saturated rings. The molecular weight excluding hydrogens is 282 g/mol. The minimum absolute atomic E-state index is 0.521. The molecule has 4 heteroatoms. The Bertz CT molecular complexity index is 364. The summed E-state index contributed by atoms with van der Waals surface area (Å²) in [5, 5.41) is 13.5. The number of nitrogens with one attached hydrogen (secondary N) is 1. The summed E-state index contributed by atoms with van der Waals surface area (Å²) >= 11 is 3.42. The molecule has 17 heavy (non-hydrogen) atoms. The second-order valence-corrected chi connectivity index (χ2v) is 5.05. The molecule has 0 aliphatic heterocycles. The maximum Gasteiger partial charge on any atom is 0.142 e. The quantitative estimate of drug-likeness (QED) is 0.846. The van der Waals surface area contributed by atoms with Gasteiger partial charge in [-0.15, -0.1) is 0 Å². The molecule has 96 valence electrons. The molecule has 3 nitrogen and oxygen atoms in total. The fourth-order valence-corrected chi connectivity index (χ4v) is 1.94. The highest BCUT2D eigenvalue weighted by Gasteiger charge is 2.22. The maximum absolute atomic E-state index is 10.2. The minimum Gasteiger partial charge on any atom is -0.495 e. The van der Waals surface area contributed by atoms with Crippen molar-refractivity contribution in [2.45, 2.75) is 32.3 Å². The number of hydrogen-bond donors (Lipinski definition) is 2. The second-order valence-electron chi connectivity index (χ2n) is 4.13. The van der Waals surface area contributed by atoms with Gasteiger partial charge in [-0.05, 0) is 31.0 Å². The highest BCUT2D eigenvalue weighted by Crippen LogP contribution is 2.28. The van der Waals surface area contributed by atoms with Crippen molar-refractivity contribution < 1.29 is 9.84 Å². The molecule has 0 aliphatic carbocycles. The molecule has 1 rings (SSSR count). The first-order valence-corrected chi connectivity index (χ1v) is 6.63. The van der Waals surface area contributed by atoms with Gasteiger partial charge in [-0.25, -0.2) is 0 Å². The van der Waals surface area contributed by atoms with Gasteiger partial charge in [0, 0.05) is 11.0 Å². The Morgan fingerprint density at radius 2 is 2.00 bits per heavy atom. The second kappa shape index (κ2) is 6.26. The lowest BCUT2D eigenvalue weighted by Gasteiger charge is -2.26. The average Bonchev–Trinajstić information content (AvgIpc) is 2.36. The molecule has 0 atom stereocenters. The zero-order valence-corrected chi connectivity index (χ0v) is 12.2. The van der Waals surface area contributed by atoms with Crippen molar-refractivity contribution in [1.29, 1.82) is 0 Å². The summed E-state index contributed by atoms with van der Waals surface area (Å²) in [6, 6.07) is 5.77. The van der Waals surface area contributed by atoms with Gasteiger partial charge in [-0.2, -0.15) is 0 Å². The smallest absolute Gasteiger partial charge is 0.142 e. The van der Waals surface area contributed by atoms with Crippen LogP contribution in [-0.4, -0.2) is 24.4 Å². The van der Waals surface area contributed by atoms with Crippen molar-refractivity contribution in [1.82, 2.24) is 0 Å². The number of anilines is 1. The van der Waals surface area contributed by atoms with E-state index in [4.69, 9.17) is 4.74 Å². The van der Waals surface area contributed by atoms with Crippen LogP contribution in [0.25, 0.3) is 0 Å². The van der Waals surface area contributed by atoms with Crippen LogP contribution in [0.5, 0.6) is 5.75 Å². The molecule has 2 N–H and O–H groups in total. The summed E-state index contributed by atoms with van der Waals surface area (Å²) < 4.78 is 6.25. The number of benzene rings is 1. The SMILES string of the molecule is CCC(O)(CC)CNc1cc(Br)ccc1OC. The van der Waals surface area contributed by atoms with E-state index in [0.717, 1.165) is 28.8 Å². The van der Waals surface area contributed by atoms with Crippen LogP contribution in [0.3, 0.4) is 0 Å². The summed E-state index contributed by atoms with van der Waals surface area (Å²) in [7, 11) is 1.64. The molecule has 0 amide bonds. The lowest BCUT2D eigenvalue weighted by Crippen LogP contribution is -2.35. The number of aliphatic hydroxyl groups is 1. The van der Waals surface area contributed by atoms with E-state index in [1.807, 2.05) is 32.0 Å². The molecule has 0 unspecified atom stereocenters. The topological polar surface area (TPSA) is 41.5 Å². The molecule has 1 aromatic carbocycles. The van der Waals surface area contributed by atoms with Gasteiger partial charge >= 0.3 is 0 Å². The van der Waals surface area contributed by atoms with Crippen molar-refractivity contribution in [3.63, 3.8) is 0 Å². The van der Waals surface area contributed by atoms with E-state index in [-0.39, 0.29) is 0 Å². The Labute approximate surface area is 111 Å². The fraction of sp³-hybridized carbons (Fsp3) is 0.538. The van der Waals surface area contributed by atoms with Gasteiger partial charge in [-0.3, -0.25) is 0 Å². The molecule has 0 bridgehead atoms. The highest BCUT2D eigenvalue weighted by molar-refractivity contribution is 9.10. The maximum atomic E-state index is 10.2. The van der Waals surface area contributed by atoms with Crippen LogP contribution in [0.2, 0.25) is 0 Å². The number of methoxy groups -OCH3 is 1. The van der Waals surface area contributed by atoms with Crippen LogP contribution in [0.15, 0.2) is 22.7 Å². The summed E-state index contributed by atoms with van der Waals surface area (Å²) in [5.74, 6) is 0.780. The van der Waals surface area contributed by atoms with Gasteiger partial charge in [0.25, 0.3) is 0 Å². The third-order valence-corrected chi connectivity index (χ3v) is 3.58. The lowest BCUT2D eigenvalue weighted by molar-refractivity contribution is 0.0457. The highest BCUT2D eigenvalue weighted by atomic mass is 79.9. The van der Waals surface area contributed by atoms with Crippen LogP contribution in [0.1, 0.15) is 26.7 Å². The normalized spacial score (nSPS) is 11.4. The predicted molar refractivity (Wildman–Crippen MR) is 74.7 cm³/mol. The van der Waals surface area contributed by atoms with Crippen LogP contribution < -0.4 is 10.1 Å². The molecule has 0 radical (unpaired) electrons. The summed E-state index contributed by atoms with van der Waals surface area (Å²) in [4.78, 5) is 0. The van der Waals surface area contributed by atoms with Crippen LogP contribution >= 0.6 is 15.9 Å². The van der Waals surface area contributed by atoms with E-state index in [1.165, 1.54) is 0 Å². The molecule has 0 heterocycles. The first kappa shape index (κ1) is 14.3. The molecular formula is C13H20BrNO2. The van der Waals surface area contributed by atoms with Crippen molar-refractivity contribution in [3.05, 3.63) is 22.7 Å². The van der Waals surface area contributed by atoms with Gasteiger partial charge < -0.3 is 15.2 Å². The van der Waals surface area contributed by atoms with Crippen molar-refractivity contribution in [2.24, 2.45) is 0 Å². The Morgan fingerprint density at radius 3 is 2.53 bits per heavy atom. The van der Waals surface area contributed by atoms with E-state index < -0.39 is 5.60 Å². The van der Waals surface area contributed by atoms with Crippen molar-refractivity contribution in [3.8, 4) is 5.75 Å². The Balaban J connectivity index is 2.77. The Kier molecular flexibility index (Phi) is 5.28. The monoisotopic (exact) mass is 301 g/mol. The summed E-state index contributed by atoms with van der Waals surface area (Å²) in [5.41, 5.74) is 0.232. The van der Waals surface area contributed by atoms with E-state index in [2.05, 4.69) is 21.2 Å². The molecule has 0 aliphatic rings. The number of ether oxygens (including phenoxy) is 1. The fourth-order valence-electron chi connectivity index (χ4n) is 1.58. The first-order chi connectivity index (χ1) is 8.04. The molecule has 0 saturated carbocycles.